The molecule has 0 aromatic heterocycles. The summed E-state index contributed by atoms with van der Waals surface area (Å²) in [6.45, 7) is 9.96. The van der Waals surface area contributed by atoms with E-state index in [0.29, 0.717) is 11.8 Å². The molecule has 2 rings (SSSR count). The number of benzene rings is 1. The third kappa shape index (κ3) is 2.19. The highest BCUT2D eigenvalue weighted by atomic mass is 16.5. The molecule has 0 radical (unpaired) electrons. The molecule has 94 valence electrons. The van der Waals surface area contributed by atoms with E-state index in [1.807, 2.05) is 0 Å². The predicted octanol–water partition coefficient (Wildman–Crippen LogP) is 3.28. The lowest BCUT2D eigenvalue weighted by Crippen LogP contribution is -2.59. The van der Waals surface area contributed by atoms with Crippen LogP contribution >= 0.6 is 0 Å². The Balaban J connectivity index is 2.35. The molecule has 1 aliphatic heterocycles. The van der Waals surface area contributed by atoms with E-state index < -0.39 is 0 Å². The molecule has 0 saturated carbocycles. The minimum absolute atomic E-state index is 0.187. The average Bonchev–Trinajstić information content (AvgIpc) is 2.28. The van der Waals surface area contributed by atoms with Gasteiger partial charge in [-0.2, -0.15) is 0 Å². The van der Waals surface area contributed by atoms with Gasteiger partial charge in [0.25, 0.3) is 0 Å². The smallest absolute Gasteiger partial charge is 0.122 e. The number of nitrogens with one attached hydrogen (secondary N) is 1. The van der Waals surface area contributed by atoms with Crippen LogP contribution in [-0.2, 0) is 0 Å². The van der Waals surface area contributed by atoms with Crippen LogP contribution in [0.5, 0.6) is 5.75 Å². The summed E-state index contributed by atoms with van der Waals surface area (Å²) in [7, 11) is 1.77. The first kappa shape index (κ1) is 12.4. The van der Waals surface area contributed by atoms with E-state index in [2.05, 4.69) is 51.2 Å². The first-order valence-corrected chi connectivity index (χ1v) is 6.38. The van der Waals surface area contributed by atoms with Crippen molar-refractivity contribution in [2.75, 3.05) is 13.7 Å². The quantitative estimate of drug-likeness (QED) is 0.865. The van der Waals surface area contributed by atoms with Gasteiger partial charge in [0.05, 0.1) is 7.11 Å². The van der Waals surface area contributed by atoms with E-state index in [0.717, 1.165) is 12.3 Å². The zero-order valence-electron chi connectivity index (χ0n) is 11.5. The molecular weight excluding hydrogens is 210 g/mol. The second-order valence-corrected chi connectivity index (χ2v) is 5.81. The number of rotatable bonds is 3. The van der Waals surface area contributed by atoms with Crippen molar-refractivity contribution in [3.63, 3.8) is 0 Å². The first-order chi connectivity index (χ1) is 7.95. The Hall–Kier alpha value is -1.02. The highest BCUT2D eigenvalue weighted by molar-refractivity contribution is 5.43. The fourth-order valence-corrected chi connectivity index (χ4v) is 2.49. The molecular formula is C15H23NO. The number of hydrogen-bond acceptors (Lipinski definition) is 2. The molecule has 2 heteroatoms. The van der Waals surface area contributed by atoms with Gasteiger partial charge in [0.1, 0.15) is 5.75 Å². The second kappa shape index (κ2) is 4.34. The molecule has 0 spiro atoms. The molecule has 1 saturated heterocycles. The summed E-state index contributed by atoms with van der Waals surface area (Å²) in [5.41, 5.74) is 2.86. The molecule has 1 atom stereocenters. The van der Waals surface area contributed by atoms with Gasteiger partial charge in [-0.1, -0.05) is 26.0 Å². The minimum atomic E-state index is 0.187. The Morgan fingerprint density at radius 2 is 2.06 bits per heavy atom. The maximum Gasteiger partial charge on any atom is 0.122 e. The van der Waals surface area contributed by atoms with Gasteiger partial charge in [-0.3, -0.25) is 0 Å². The summed E-state index contributed by atoms with van der Waals surface area (Å²) >= 11 is 0. The normalized spacial score (nSPS) is 22.4. The average molecular weight is 233 g/mol. The number of hydrogen-bond donors (Lipinski definition) is 1. The summed E-state index contributed by atoms with van der Waals surface area (Å²) in [5, 5.41) is 3.47. The van der Waals surface area contributed by atoms with Crippen LogP contribution < -0.4 is 10.1 Å². The lowest BCUT2D eigenvalue weighted by atomic mass is 9.74. The summed E-state index contributed by atoms with van der Waals surface area (Å²) < 4.78 is 5.56. The fraction of sp³-hybridized carbons (Fsp3) is 0.600. The van der Waals surface area contributed by atoms with Crippen LogP contribution in [0.15, 0.2) is 18.2 Å². The maximum absolute atomic E-state index is 5.56. The highest BCUT2D eigenvalue weighted by Crippen LogP contribution is 2.40. The van der Waals surface area contributed by atoms with Gasteiger partial charge in [-0.05, 0) is 31.4 Å². The van der Waals surface area contributed by atoms with Crippen molar-refractivity contribution < 1.29 is 4.74 Å². The van der Waals surface area contributed by atoms with Gasteiger partial charge in [-0.25, -0.2) is 0 Å². The van der Waals surface area contributed by atoms with E-state index >= 15 is 0 Å². The minimum Gasteiger partial charge on any atom is -0.496 e. The Kier molecular flexibility index (Phi) is 3.17. The molecule has 17 heavy (non-hydrogen) atoms. The molecule has 2 nitrogen and oxygen atoms in total. The summed E-state index contributed by atoms with van der Waals surface area (Å²) in [4.78, 5) is 0. The molecule has 1 aromatic rings. The third-order valence-corrected chi connectivity index (χ3v) is 3.93. The maximum atomic E-state index is 5.56. The molecule has 0 amide bonds. The standard InChI is InChI=1S/C15H23NO/c1-10(2)11-6-7-12(14(8-11)17-5)13-9-16-15(13,3)4/h6-8,10,13,16H,9H2,1-5H3. The van der Waals surface area contributed by atoms with E-state index in [4.69, 9.17) is 4.74 Å². The SMILES string of the molecule is COc1cc(C(C)C)ccc1C1CNC1(C)C. The summed E-state index contributed by atoms with van der Waals surface area (Å²) in [6.07, 6.45) is 0. The van der Waals surface area contributed by atoms with Crippen molar-refractivity contribution in [3.8, 4) is 5.75 Å². The van der Waals surface area contributed by atoms with E-state index in [9.17, 15) is 0 Å². The van der Waals surface area contributed by atoms with Crippen LogP contribution in [0, 0.1) is 0 Å². The van der Waals surface area contributed by atoms with Crippen molar-refractivity contribution in [1.82, 2.24) is 5.32 Å². The van der Waals surface area contributed by atoms with E-state index in [-0.39, 0.29) is 5.54 Å². The molecule has 1 heterocycles. The molecule has 1 aromatic carbocycles. The van der Waals surface area contributed by atoms with Crippen LogP contribution in [0.4, 0.5) is 0 Å². The van der Waals surface area contributed by atoms with Gasteiger partial charge < -0.3 is 10.1 Å². The lowest BCUT2D eigenvalue weighted by molar-refractivity contribution is 0.204. The Labute approximate surface area is 104 Å². The Bertz CT molecular complexity index is 409. The second-order valence-electron chi connectivity index (χ2n) is 5.81. The summed E-state index contributed by atoms with van der Waals surface area (Å²) in [6, 6.07) is 6.66. The van der Waals surface area contributed by atoms with Crippen LogP contribution in [0.25, 0.3) is 0 Å². The molecule has 1 fully saturated rings. The zero-order chi connectivity index (χ0) is 12.6. The van der Waals surface area contributed by atoms with E-state index in [1.54, 1.807) is 7.11 Å². The van der Waals surface area contributed by atoms with E-state index in [1.165, 1.54) is 11.1 Å². The van der Waals surface area contributed by atoms with Gasteiger partial charge in [0.15, 0.2) is 0 Å². The fourth-order valence-electron chi connectivity index (χ4n) is 2.49. The summed E-state index contributed by atoms with van der Waals surface area (Å²) in [5.74, 6) is 2.14. The van der Waals surface area contributed by atoms with Crippen molar-refractivity contribution >= 4 is 0 Å². The van der Waals surface area contributed by atoms with Gasteiger partial charge in [0, 0.05) is 23.6 Å². The molecule has 0 aliphatic carbocycles. The topological polar surface area (TPSA) is 21.3 Å². The van der Waals surface area contributed by atoms with Gasteiger partial charge in [0.2, 0.25) is 0 Å². The van der Waals surface area contributed by atoms with Crippen LogP contribution in [0.2, 0.25) is 0 Å². The zero-order valence-corrected chi connectivity index (χ0v) is 11.5. The first-order valence-electron chi connectivity index (χ1n) is 6.38. The lowest BCUT2D eigenvalue weighted by Gasteiger charge is -2.46. The van der Waals surface area contributed by atoms with Crippen LogP contribution in [0.1, 0.15) is 50.7 Å². The van der Waals surface area contributed by atoms with Crippen LogP contribution in [-0.4, -0.2) is 19.2 Å². The molecule has 1 N–H and O–H groups in total. The Morgan fingerprint density at radius 1 is 1.35 bits per heavy atom. The number of ether oxygens (including phenoxy) is 1. The molecule has 0 bridgehead atoms. The van der Waals surface area contributed by atoms with Crippen molar-refractivity contribution in [2.24, 2.45) is 0 Å². The highest BCUT2D eigenvalue weighted by Gasteiger charge is 2.40. The van der Waals surface area contributed by atoms with Crippen LogP contribution in [0.3, 0.4) is 0 Å². The largest absolute Gasteiger partial charge is 0.496 e. The number of methoxy groups -OCH3 is 1. The van der Waals surface area contributed by atoms with Gasteiger partial charge in [-0.15, -0.1) is 0 Å². The third-order valence-electron chi connectivity index (χ3n) is 3.93. The predicted molar refractivity (Wildman–Crippen MR) is 71.9 cm³/mol. The monoisotopic (exact) mass is 233 g/mol. The van der Waals surface area contributed by atoms with Gasteiger partial charge >= 0.3 is 0 Å². The Morgan fingerprint density at radius 3 is 2.47 bits per heavy atom. The molecule has 1 unspecified atom stereocenters. The van der Waals surface area contributed by atoms with Crippen molar-refractivity contribution in [2.45, 2.75) is 45.1 Å². The van der Waals surface area contributed by atoms with Crippen molar-refractivity contribution in [1.29, 1.82) is 0 Å². The molecule has 1 aliphatic rings. The van der Waals surface area contributed by atoms with Crippen molar-refractivity contribution in [3.05, 3.63) is 29.3 Å².